The predicted octanol–water partition coefficient (Wildman–Crippen LogP) is 4.71. The Balaban J connectivity index is 1.83. The van der Waals surface area contributed by atoms with Crippen LogP contribution in [0.5, 0.6) is 5.75 Å². The number of carbonyl (C=O) groups is 2. The van der Waals surface area contributed by atoms with Gasteiger partial charge in [0.15, 0.2) is 5.82 Å². The summed E-state index contributed by atoms with van der Waals surface area (Å²) in [5.74, 6) is -0.409. The Hall–Kier alpha value is -3.87. The first-order chi connectivity index (χ1) is 15.4. The van der Waals surface area contributed by atoms with Crippen LogP contribution in [0.2, 0.25) is 0 Å². The van der Waals surface area contributed by atoms with Crippen LogP contribution in [0.25, 0.3) is 5.76 Å². The zero-order chi connectivity index (χ0) is 22.8. The topological polar surface area (TPSA) is 92.9 Å². The number of hydrogen-bond acceptors (Lipinski definition) is 6. The molecule has 0 unspecified atom stereocenters. The number of hydrogen-bond donors (Lipinski definition) is 1. The van der Waals surface area contributed by atoms with E-state index in [2.05, 4.69) is 5.16 Å². The Labute approximate surface area is 185 Å². The molecule has 1 saturated heterocycles. The molecule has 1 N–H and O–H groups in total. The number of benzene rings is 2. The van der Waals surface area contributed by atoms with Gasteiger partial charge in [0.2, 0.25) is 0 Å². The van der Waals surface area contributed by atoms with E-state index in [0.717, 1.165) is 12.0 Å². The molecule has 1 aliphatic heterocycles. The van der Waals surface area contributed by atoms with Crippen LogP contribution >= 0.6 is 0 Å². The highest BCUT2D eigenvalue weighted by Gasteiger charge is 2.48. The van der Waals surface area contributed by atoms with Gasteiger partial charge in [-0.25, -0.2) is 0 Å². The highest BCUT2D eigenvalue weighted by molar-refractivity contribution is 6.51. The van der Waals surface area contributed by atoms with Crippen LogP contribution in [-0.2, 0) is 9.59 Å². The SMILES string of the molecule is CCCOc1ccc(/C(O)=C2\C(=O)C(=O)N(c3cc(C)on3)[C@@H]2c2ccc(C)cc2)cc1. The number of ether oxygens (including phenoxy) is 1. The molecule has 0 spiro atoms. The van der Waals surface area contributed by atoms with Gasteiger partial charge in [0, 0.05) is 11.6 Å². The minimum absolute atomic E-state index is 0.00160. The molecular weight excluding hydrogens is 408 g/mol. The van der Waals surface area contributed by atoms with Gasteiger partial charge in [-0.3, -0.25) is 14.5 Å². The molecule has 0 bridgehead atoms. The first-order valence-corrected chi connectivity index (χ1v) is 10.4. The second-order valence-corrected chi connectivity index (χ2v) is 7.75. The van der Waals surface area contributed by atoms with E-state index in [1.54, 1.807) is 37.3 Å². The molecule has 2 heterocycles. The summed E-state index contributed by atoms with van der Waals surface area (Å²) in [4.78, 5) is 27.4. The van der Waals surface area contributed by atoms with Crippen molar-refractivity contribution in [3.8, 4) is 5.75 Å². The Morgan fingerprint density at radius 3 is 2.38 bits per heavy atom. The first-order valence-electron chi connectivity index (χ1n) is 10.4. The highest BCUT2D eigenvalue weighted by atomic mass is 16.5. The molecule has 1 atom stereocenters. The minimum atomic E-state index is -0.837. The maximum absolute atomic E-state index is 13.1. The van der Waals surface area contributed by atoms with Crippen LogP contribution < -0.4 is 9.64 Å². The van der Waals surface area contributed by atoms with E-state index in [9.17, 15) is 14.7 Å². The standard InChI is InChI=1S/C25H24N2O5/c1-4-13-31-19-11-9-18(10-12-19)23(28)21-22(17-7-5-15(2)6-8-17)27(25(30)24(21)29)20-14-16(3)32-26-20/h5-12,14,22,28H,4,13H2,1-3H3/b23-21+/t22-/m1/s1. The predicted molar refractivity (Wildman–Crippen MR) is 119 cm³/mol. The third kappa shape index (κ3) is 3.89. The molecule has 1 fully saturated rings. The van der Waals surface area contributed by atoms with E-state index < -0.39 is 17.7 Å². The summed E-state index contributed by atoms with van der Waals surface area (Å²) in [6.07, 6.45) is 0.878. The largest absolute Gasteiger partial charge is 0.507 e. The van der Waals surface area contributed by atoms with Gasteiger partial charge < -0.3 is 14.4 Å². The van der Waals surface area contributed by atoms with E-state index >= 15 is 0 Å². The van der Waals surface area contributed by atoms with Crippen molar-refractivity contribution in [2.45, 2.75) is 33.2 Å². The molecule has 1 aromatic heterocycles. The number of aryl methyl sites for hydroxylation is 2. The normalized spacial score (nSPS) is 17.7. The van der Waals surface area contributed by atoms with Crippen molar-refractivity contribution >= 4 is 23.3 Å². The summed E-state index contributed by atoms with van der Waals surface area (Å²) in [5.41, 5.74) is 2.13. The quantitative estimate of drug-likeness (QED) is 0.345. The van der Waals surface area contributed by atoms with Gasteiger partial charge in [0.1, 0.15) is 17.3 Å². The molecule has 32 heavy (non-hydrogen) atoms. The number of aliphatic hydroxyl groups is 1. The number of rotatable bonds is 6. The summed E-state index contributed by atoms with van der Waals surface area (Å²) in [6.45, 7) is 6.25. The Kier molecular flexibility index (Phi) is 5.81. The van der Waals surface area contributed by atoms with Crippen molar-refractivity contribution < 1.29 is 24.0 Å². The van der Waals surface area contributed by atoms with Crippen molar-refractivity contribution in [1.29, 1.82) is 0 Å². The minimum Gasteiger partial charge on any atom is -0.507 e. The molecule has 1 aliphatic rings. The zero-order valence-electron chi connectivity index (χ0n) is 18.2. The van der Waals surface area contributed by atoms with Gasteiger partial charge in [-0.1, -0.05) is 41.9 Å². The lowest BCUT2D eigenvalue weighted by atomic mass is 9.94. The Bertz CT molecular complexity index is 1180. The molecule has 7 heteroatoms. The fraction of sp³-hybridized carbons (Fsp3) is 0.240. The van der Waals surface area contributed by atoms with E-state index in [-0.39, 0.29) is 17.2 Å². The molecule has 0 radical (unpaired) electrons. The monoisotopic (exact) mass is 432 g/mol. The second-order valence-electron chi connectivity index (χ2n) is 7.75. The number of ketones is 1. The van der Waals surface area contributed by atoms with E-state index in [4.69, 9.17) is 9.26 Å². The highest BCUT2D eigenvalue weighted by Crippen LogP contribution is 2.42. The third-order valence-electron chi connectivity index (χ3n) is 5.30. The van der Waals surface area contributed by atoms with Gasteiger partial charge in [-0.2, -0.15) is 0 Å². The average Bonchev–Trinajstić information content (AvgIpc) is 3.33. The van der Waals surface area contributed by atoms with Gasteiger partial charge in [0.05, 0.1) is 18.2 Å². The number of aromatic nitrogens is 1. The van der Waals surface area contributed by atoms with E-state index in [1.165, 1.54) is 4.90 Å². The van der Waals surface area contributed by atoms with Crippen LogP contribution in [0.4, 0.5) is 5.82 Å². The van der Waals surface area contributed by atoms with Crippen molar-refractivity contribution in [2.75, 3.05) is 11.5 Å². The number of Topliss-reactive ketones (excluding diaryl/α,β-unsaturated/α-hetero) is 1. The van der Waals surface area contributed by atoms with Gasteiger partial charge in [0.25, 0.3) is 5.78 Å². The molecule has 4 rings (SSSR count). The molecule has 3 aromatic rings. The number of carbonyl (C=O) groups excluding carboxylic acids is 2. The molecule has 2 aromatic carbocycles. The second kappa shape index (κ2) is 8.70. The summed E-state index contributed by atoms with van der Waals surface area (Å²) in [7, 11) is 0. The van der Waals surface area contributed by atoms with Crippen molar-refractivity contribution in [2.24, 2.45) is 0 Å². The lowest BCUT2D eigenvalue weighted by Crippen LogP contribution is -2.29. The molecule has 0 saturated carbocycles. The smallest absolute Gasteiger partial charge is 0.301 e. The van der Waals surface area contributed by atoms with Crippen molar-refractivity contribution in [3.63, 3.8) is 0 Å². The van der Waals surface area contributed by atoms with Gasteiger partial charge in [-0.05, 0) is 50.1 Å². The van der Waals surface area contributed by atoms with Crippen LogP contribution in [0.1, 0.15) is 41.8 Å². The molecule has 1 amide bonds. The van der Waals surface area contributed by atoms with E-state index in [0.29, 0.717) is 29.2 Å². The van der Waals surface area contributed by atoms with Crippen molar-refractivity contribution in [1.82, 2.24) is 5.16 Å². The van der Waals surface area contributed by atoms with E-state index in [1.807, 2.05) is 38.1 Å². The lowest BCUT2D eigenvalue weighted by Gasteiger charge is -2.23. The summed E-state index contributed by atoms with van der Waals surface area (Å²) in [6, 6.07) is 15.0. The number of amides is 1. The number of nitrogens with zero attached hydrogens (tertiary/aromatic N) is 2. The summed E-state index contributed by atoms with van der Waals surface area (Å²) >= 11 is 0. The first kappa shape index (κ1) is 21.4. The third-order valence-corrected chi connectivity index (χ3v) is 5.30. The molecule has 0 aliphatic carbocycles. The molecule has 164 valence electrons. The summed E-state index contributed by atoms with van der Waals surface area (Å²) < 4.78 is 10.7. The maximum Gasteiger partial charge on any atom is 0.301 e. The lowest BCUT2D eigenvalue weighted by molar-refractivity contribution is -0.132. The zero-order valence-corrected chi connectivity index (χ0v) is 18.2. The maximum atomic E-state index is 13.1. The fourth-order valence-corrected chi connectivity index (χ4v) is 3.68. The summed E-state index contributed by atoms with van der Waals surface area (Å²) in [5, 5.41) is 15.1. The van der Waals surface area contributed by atoms with Crippen LogP contribution in [0.3, 0.4) is 0 Å². The molecule has 7 nitrogen and oxygen atoms in total. The average molecular weight is 432 g/mol. The molecular formula is C25H24N2O5. The Morgan fingerprint density at radius 2 is 1.78 bits per heavy atom. The number of aliphatic hydroxyl groups excluding tert-OH is 1. The fourth-order valence-electron chi connectivity index (χ4n) is 3.68. The van der Waals surface area contributed by atoms with Crippen LogP contribution in [0.15, 0.2) is 64.7 Å². The van der Waals surface area contributed by atoms with Crippen LogP contribution in [0, 0.1) is 13.8 Å². The van der Waals surface area contributed by atoms with Gasteiger partial charge >= 0.3 is 5.91 Å². The van der Waals surface area contributed by atoms with Gasteiger partial charge in [-0.15, -0.1) is 0 Å². The Morgan fingerprint density at radius 1 is 1.09 bits per heavy atom. The number of anilines is 1. The van der Waals surface area contributed by atoms with Crippen LogP contribution in [-0.4, -0.2) is 28.6 Å². The van der Waals surface area contributed by atoms with Crippen molar-refractivity contribution in [3.05, 3.63) is 82.6 Å².